The van der Waals surface area contributed by atoms with E-state index in [0.29, 0.717) is 24.7 Å². The second kappa shape index (κ2) is 9.71. The van der Waals surface area contributed by atoms with Crippen LogP contribution >= 0.6 is 0 Å². The summed E-state index contributed by atoms with van der Waals surface area (Å²) in [5.74, 6) is 0.724. The third-order valence-electron chi connectivity index (χ3n) is 11.0. The molecule has 5 nitrogen and oxygen atoms in total. The van der Waals surface area contributed by atoms with Crippen LogP contribution in [0.5, 0.6) is 0 Å². The summed E-state index contributed by atoms with van der Waals surface area (Å²) in [5.41, 5.74) is -0.158. The first-order valence-corrected chi connectivity index (χ1v) is 15.1. The van der Waals surface area contributed by atoms with Gasteiger partial charge in [0.15, 0.2) is 11.6 Å². The fourth-order valence-corrected chi connectivity index (χ4v) is 9.43. The van der Waals surface area contributed by atoms with Crippen LogP contribution in [0.15, 0.2) is 11.6 Å². The monoisotopic (exact) mass is 518 g/mol. The lowest BCUT2D eigenvalue weighted by molar-refractivity contribution is -0.146. The van der Waals surface area contributed by atoms with Crippen LogP contribution in [0, 0.1) is 34.5 Å². The number of aliphatic hydroxyl groups is 2. The molecule has 0 spiro atoms. The Hall–Kier alpha value is -0.750. The highest BCUT2D eigenvalue weighted by Crippen LogP contribution is 2.67. The van der Waals surface area contributed by atoms with Crippen LogP contribution in [-0.2, 0) is 14.3 Å². The Kier molecular flexibility index (Phi) is 7.67. The number of carbonyl (C=O) groups is 1. The van der Waals surface area contributed by atoms with Gasteiger partial charge in [0.2, 0.25) is 0 Å². The lowest BCUT2D eigenvalue weighted by atomic mass is 9.47. The third-order valence-corrected chi connectivity index (χ3v) is 11.0. The van der Waals surface area contributed by atoms with E-state index in [-0.39, 0.29) is 40.7 Å². The van der Waals surface area contributed by atoms with Gasteiger partial charge in [-0.05, 0) is 127 Å². The summed E-state index contributed by atoms with van der Waals surface area (Å²) < 4.78 is 12.5. The number of rotatable bonds is 5. The lowest BCUT2D eigenvalue weighted by Gasteiger charge is -2.58. The van der Waals surface area contributed by atoms with Crippen molar-refractivity contribution < 1.29 is 24.5 Å². The molecule has 1 heterocycles. The van der Waals surface area contributed by atoms with Crippen LogP contribution in [0.3, 0.4) is 0 Å². The molecule has 5 heteroatoms. The van der Waals surface area contributed by atoms with E-state index in [2.05, 4.69) is 13.8 Å². The van der Waals surface area contributed by atoms with E-state index in [1.165, 1.54) is 5.57 Å². The van der Waals surface area contributed by atoms with Crippen molar-refractivity contribution in [1.82, 2.24) is 0 Å². The first-order chi connectivity index (χ1) is 17.1. The average molecular weight is 519 g/mol. The number of allylic oxidation sites excluding steroid dienone is 2. The summed E-state index contributed by atoms with van der Waals surface area (Å²) in [7, 11) is 0. The van der Waals surface area contributed by atoms with Gasteiger partial charge in [-0.25, -0.2) is 0 Å². The van der Waals surface area contributed by atoms with Gasteiger partial charge in [-0.3, -0.25) is 4.79 Å². The highest BCUT2D eigenvalue weighted by Gasteiger charge is 2.63. The Labute approximate surface area is 225 Å². The van der Waals surface area contributed by atoms with Gasteiger partial charge in [-0.2, -0.15) is 0 Å². The number of hydrogen-bond donors (Lipinski definition) is 2. The minimum absolute atomic E-state index is 0.0101. The largest absolute Gasteiger partial charge is 0.390 e. The number of fused-ring (bicyclic) bond motifs is 6. The van der Waals surface area contributed by atoms with Crippen LogP contribution in [0.25, 0.3) is 0 Å². The summed E-state index contributed by atoms with van der Waals surface area (Å²) in [6.07, 6.45) is 10.2. The Bertz CT molecular complexity index is 897. The quantitative estimate of drug-likeness (QED) is 0.429. The van der Waals surface area contributed by atoms with Crippen LogP contribution in [0.1, 0.15) is 120 Å². The van der Waals surface area contributed by atoms with Gasteiger partial charge in [0.05, 0.1) is 23.4 Å². The molecule has 4 fully saturated rings. The molecule has 0 radical (unpaired) electrons. The van der Waals surface area contributed by atoms with E-state index < -0.39 is 17.0 Å². The summed E-state index contributed by atoms with van der Waals surface area (Å²) in [5, 5.41) is 21.8. The van der Waals surface area contributed by atoms with E-state index in [9.17, 15) is 15.0 Å². The Morgan fingerprint density at radius 2 is 1.51 bits per heavy atom. The van der Waals surface area contributed by atoms with Gasteiger partial charge < -0.3 is 19.7 Å². The first kappa shape index (κ1) is 29.2. The molecule has 2 N–H and O–H groups in total. The molecule has 0 aromatic heterocycles. The van der Waals surface area contributed by atoms with Crippen molar-refractivity contribution in [2.45, 2.75) is 149 Å². The Balaban J connectivity index is 0.00000156. The number of hydrogen-bond acceptors (Lipinski definition) is 5. The second-order valence-electron chi connectivity index (χ2n) is 14.6. The van der Waals surface area contributed by atoms with Crippen molar-refractivity contribution in [2.75, 3.05) is 0 Å². The zero-order valence-corrected chi connectivity index (χ0v) is 25.0. The summed E-state index contributed by atoms with van der Waals surface area (Å²) in [6.45, 7) is 18.4. The molecule has 9 atom stereocenters. The van der Waals surface area contributed by atoms with Gasteiger partial charge in [0, 0.05) is 5.92 Å². The van der Waals surface area contributed by atoms with Crippen LogP contribution in [-0.4, -0.2) is 45.2 Å². The van der Waals surface area contributed by atoms with Gasteiger partial charge in [0.25, 0.3) is 0 Å². The van der Waals surface area contributed by atoms with E-state index in [0.717, 1.165) is 44.9 Å². The maximum atomic E-state index is 13.6. The topological polar surface area (TPSA) is 76.0 Å². The lowest BCUT2D eigenvalue weighted by Crippen LogP contribution is -2.56. The normalized spacial score (nSPS) is 43.9. The Morgan fingerprint density at radius 1 is 0.892 bits per heavy atom. The van der Waals surface area contributed by atoms with Gasteiger partial charge in [-0.15, -0.1) is 0 Å². The molecule has 1 aliphatic heterocycles. The number of ketones is 1. The highest BCUT2D eigenvalue weighted by molar-refractivity contribution is 5.94. The molecule has 212 valence electrons. The molecular formula is C32H54O5. The Morgan fingerprint density at radius 3 is 2.16 bits per heavy atom. The van der Waals surface area contributed by atoms with Gasteiger partial charge in [-0.1, -0.05) is 33.3 Å². The molecule has 5 rings (SSSR count). The minimum Gasteiger partial charge on any atom is -0.390 e. The maximum absolute atomic E-state index is 13.6. The molecule has 3 saturated carbocycles. The zero-order chi connectivity index (χ0) is 27.6. The van der Waals surface area contributed by atoms with E-state index >= 15 is 0 Å². The molecular weight excluding hydrogens is 464 g/mol. The van der Waals surface area contributed by atoms with E-state index in [1.807, 2.05) is 54.5 Å². The second-order valence-corrected chi connectivity index (χ2v) is 14.6. The SMILES string of the molecule is CC.CC(C)(O)CCCC(C)(O)C1CCC2C3=CC(=O)C4CC5OC(C)(C)OC5CC4(C)C3CCC21C. The van der Waals surface area contributed by atoms with Crippen molar-refractivity contribution in [3.8, 4) is 0 Å². The molecule has 0 aromatic rings. The molecule has 1 saturated heterocycles. The molecule has 0 amide bonds. The molecule has 5 aliphatic rings. The molecule has 0 bridgehead atoms. The van der Waals surface area contributed by atoms with Crippen molar-refractivity contribution in [2.24, 2.45) is 34.5 Å². The first-order valence-electron chi connectivity index (χ1n) is 15.1. The average Bonchev–Trinajstić information content (AvgIpc) is 3.28. The van der Waals surface area contributed by atoms with Crippen LogP contribution in [0.4, 0.5) is 0 Å². The van der Waals surface area contributed by atoms with Crippen molar-refractivity contribution in [3.05, 3.63) is 11.6 Å². The summed E-state index contributed by atoms with van der Waals surface area (Å²) in [6, 6.07) is 0. The molecule has 4 aliphatic carbocycles. The highest BCUT2D eigenvalue weighted by atomic mass is 16.7. The maximum Gasteiger partial charge on any atom is 0.163 e. The van der Waals surface area contributed by atoms with Crippen LogP contribution < -0.4 is 0 Å². The van der Waals surface area contributed by atoms with Gasteiger partial charge >= 0.3 is 0 Å². The molecule has 9 unspecified atom stereocenters. The standard InChI is InChI=1S/C30H48O5.C2H6/c1-26(2,32)12-8-13-30(7,33)25-10-9-19-18-15-22(31)21-16-23-24(35-27(3,4)34-23)17-29(21,6)20(18)11-14-28(19,25)5;1-2/h15,19-21,23-25,32-33H,8-14,16-17H2,1-7H3;1-2H3. The summed E-state index contributed by atoms with van der Waals surface area (Å²) >= 11 is 0. The van der Waals surface area contributed by atoms with Crippen molar-refractivity contribution in [3.63, 3.8) is 0 Å². The van der Waals surface area contributed by atoms with Crippen molar-refractivity contribution in [1.29, 1.82) is 0 Å². The fraction of sp³-hybridized carbons (Fsp3) is 0.906. The zero-order valence-electron chi connectivity index (χ0n) is 25.0. The van der Waals surface area contributed by atoms with Gasteiger partial charge in [0.1, 0.15) is 0 Å². The van der Waals surface area contributed by atoms with E-state index in [4.69, 9.17) is 9.47 Å². The molecule has 37 heavy (non-hydrogen) atoms. The van der Waals surface area contributed by atoms with Crippen molar-refractivity contribution >= 4 is 5.78 Å². The number of ether oxygens (including phenoxy) is 2. The summed E-state index contributed by atoms with van der Waals surface area (Å²) in [4.78, 5) is 13.6. The third kappa shape index (κ3) is 5.12. The number of carbonyl (C=O) groups excluding carboxylic acids is 1. The minimum atomic E-state index is -0.758. The predicted octanol–water partition coefficient (Wildman–Crippen LogP) is 6.59. The van der Waals surface area contributed by atoms with Crippen LogP contribution in [0.2, 0.25) is 0 Å². The molecule has 0 aromatic carbocycles. The predicted molar refractivity (Wildman–Crippen MR) is 147 cm³/mol. The van der Waals surface area contributed by atoms with E-state index in [1.54, 1.807) is 0 Å². The fourth-order valence-electron chi connectivity index (χ4n) is 9.43. The smallest absolute Gasteiger partial charge is 0.163 e.